The van der Waals surface area contributed by atoms with Gasteiger partial charge in [0.15, 0.2) is 0 Å². The highest BCUT2D eigenvalue weighted by Gasteiger charge is 2.62. The van der Waals surface area contributed by atoms with Gasteiger partial charge in [-0.15, -0.1) is 11.3 Å². The van der Waals surface area contributed by atoms with E-state index in [2.05, 4.69) is 29.2 Å². The fraction of sp³-hybridized carbons (Fsp3) is 0.477. The number of carbonyl (C=O) groups is 3. The molecule has 2 saturated carbocycles. The number of rotatable bonds is 10. The number of aryl methyl sites for hydroxylation is 1. The monoisotopic (exact) mass is 874 g/mol. The van der Waals surface area contributed by atoms with Crippen LogP contribution in [0.1, 0.15) is 88.8 Å². The molecule has 3 fully saturated rings. The molecule has 4 aliphatic rings. The highest BCUT2D eigenvalue weighted by atomic mass is 35.5. The Morgan fingerprint density at radius 1 is 1.05 bits per heavy atom. The lowest BCUT2D eigenvalue weighted by Crippen LogP contribution is -2.57. The molecule has 13 nitrogen and oxygen atoms in total. The summed E-state index contributed by atoms with van der Waals surface area (Å²) in [6, 6.07) is 11.0. The quantitative estimate of drug-likeness (QED) is 0.138. The van der Waals surface area contributed by atoms with Crippen molar-refractivity contribution in [2.75, 3.05) is 19.0 Å². The normalized spacial score (nSPS) is 24.9. The Morgan fingerprint density at radius 3 is 2.55 bits per heavy atom. The summed E-state index contributed by atoms with van der Waals surface area (Å²) >= 11 is 7.70. The number of sulfonamides is 1. The molecule has 0 radical (unpaired) electrons. The van der Waals surface area contributed by atoms with Gasteiger partial charge in [-0.3, -0.25) is 19.1 Å². The molecule has 0 unspecified atom stereocenters. The lowest BCUT2D eigenvalue weighted by molar-refractivity contribution is -0.140. The van der Waals surface area contributed by atoms with Crippen molar-refractivity contribution in [2.24, 2.45) is 5.92 Å². The molecular formula is C44H51ClN6O7S2. The van der Waals surface area contributed by atoms with Crippen LogP contribution < -0.4 is 24.8 Å². The Morgan fingerprint density at radius 2 is 1.83 bits per heavy atom. The highest BCUT2D eigenvalue weighted by molar-refractivity contribution is 7.91. The zero-order valence-electron chi connectivity index (χ0n) is 34.2. The third-order valence-electron chi connectivity index (χ3n) is 12.0. The maximum atomic E-state index is 14.9. The van der Waals surface area contributed by atoms with Crippen molar-refractivity contribution in [3.63, 3.8) is 0 Å². The fourth-order valence-electron chi connectivity index (χ4n) is 8.25. The summed E-state index contributed by atoms with van der Waals surface area (Å²) < 4.78 is 40.7. The molecule has 2 aliphatic heterocycles. The number of halogens is 1. The molecule has 1 saturated heterocycles. The van der Waals surface area contributed by atoms with Gasteiger partial charge < -0.3 is 25.0 Å². The van der Waals surface area contributed by atoms with Crippen molar-refractivity contribution in [2.45, 2.75) is 113 Å². The second-order valence-electron chi connectivity index (χ2n) is 16.7. The fourth-order valence-corrected chi connectivity index (χ4v) is 10.7. The number of nitrogens with zero attached hydrogens (tertiary/aromatic N) is 3. The summed E-state index contributed by atoms with van der Waals surface area (Å²) in [4.78, 5) is 54.9. The molecule has 0 spiro atoms. The van der Waals surface area contributed by atoms with Crippen molar-refractivity contribution in [3.8, 4) is 22.2 Å². The topological polar surface area (TPSA) is 169 Å². The molecule has 16 heteroatoms. The molecule has 2 aromatic heterocycles. The molecule has 5 atom stereocenters. The average molecular weight is 876 g/mol. The number of methoxy groups -OCH3 is 1. The van der Waals surface area contributed by atoms with E-state index in [4.69, 9.17) is 31.0 Å². The van der Waals surface area contributed by atoms with Gasteiger partial charge in [-0.25, -0.2) is 18.4 Å². The predicted molar refractivity (Wildman–Crippen MR) is 233 cm³/mol. The Kier molecular flexibility index (Phi) is 11.9. The molecule has 4 heterocycles. The van der Waals surface area contributed by atoms with Crippen LogP contribution in [0.25, 0.3) is 21.6 Å². The molecule has 2 aromatic carbocycles. The molecule has 60 heavy (non-hydrogen) atoms. The van der Waals surface area contributed by atoms with Gasteiger partial charge in [-0.2, -0.15) is 0 Å². The lowest BCUT2D eigenvalue weighted by Gasteiger charge is -2.30. The first-order chi connectivity index (χ1) is 28.8. The van der Waals surface area contributed by atoms with Gasteiger partial charge in [0.1, 0.15) is 45.9 Å². The van der Waals surface area contributed by atoms with E-state index in [1.807, 2.05) is 54.8 Å². The maximum Gasteiger partial charge on any atom is 0.259 e. The number of allylic oxidation sites excluding steroid dienone is 1. The van der Waals surface area contributed by atoms with E-state index in [-0.39, 0.29) is 31.2 Å². The van der Waals surface area contributed by atoms with E-state index in [9.17, 15) is 22.8 Å². The van der Waals surface area contributed by atoms with Crippen molar-refractivity contribution in [3.05, 3.63) is 76.3 Å². The van der Waals surface area contributed by atoms with Crippen LogP contribution in [0.15, 0.2) is 60.0 Å². The maximum absolute atomic E-state index is 14.9. The van der Waals surface area contributed by atoms with Crippen LogP contribution in [-0.2, 0) is 24.4 Å². The van der Waals surface area contributed by atoms with Crippen LogP contribution in [0.3, 0.4) is 0 Å². The first-order valence-corrected chi connectivity index (χ1v) is 23.5. The number of anilines is 1. The summed E-state index contributed by atoms with van der Waals surface area (Å²) in [5.41, 5.74) is 2.33. The number of fused-ring (bicyclic) bond motifs is 3. The van der Waals surface area contributed by atoms with E-state index in [0.29, 0.717) is 52.7 Å². The number of ether oxygens (including phenoxy) is 2. The summed E-state index contributed by atoms with van der Waals surface area (Å²) in [5, 5.41) is 9.84. The number of hydrogen-bond donors (Lipinski definition) is 3. The zero-order valence-corrected chi connectivity index (χ0v) is 36.6. The van der Waals surface area contributed by atoms with Crippen molar-refractivity contribution >= 4 is 67.3 Å². The third-order valence-corrected chi connectivity index (χ3v) is 15.0. The molecule has 4 aromatic rings. The number of thiazole rings is 1. The number of nitrogens with one attached hydrogen (secondary N) is 3. The third kappa shape index (κ3) is 8.71. The average Bonchev–Trinajstić information content (AvgIpc) is 4.10. The van der Waals surface area contributed by atoms with Crippen molar-refractivity contribution < 1.29 is 32.3 Å². The Balaban J connectivity index is 1.15. The minimum Gasteiger partial charge on any atom is -0.496 e. The Hall–Kier alpha value is -4.73. The van der Waals surface area contributed by atoms with Crippen LogP contribution in [0.5, 0.6) is 11.5 Å². The van der Waals surface area contributed by atoms with Gasteiger partial charge in [0, 0.05) is 45.4 Å². The first-order valence-electron chi connectivity index (χ1n) is 20.7. The second-order valence-corrected chi connectivity index (χ2v) is 20.0. The molecular weight excluding hydrogens is 824 g/mol. The van der Waals surface area contributed by atoms with E-state index in [1.54, 1.807) is 24.1 Å². The first kappa shape index (κ1) is 42.0. The van der Waals surface area contributed by atoms with Crippen LogP contribution >= 0.6 is 22.9 Å². The molecule has 3 amide bonds. The molecule has 8 rings (SSSR count). The van der Waals surface area contributed by atoms with Gasteiger partial charge in [0.25, 0.3) is 5.91 Å². The van der Waals surface area contributed by atoms with Crippen LogP contribution in [-0.4, -0.2) is 83.6 Å². The lowest BCUT2D eigenvalue weighted by atomic mass is 10.0. The van der Waals surface area contributed by atoms with Gasteiger partial charge in [0.05, 0.1) is 30.1 Å². The van der Waals surface area contributed by atoms with Gasteiger partial charge in [0.2, 0.25) is 21.8 Å². The van der Waals surface area contributed by atoms with Crippen LogP contribution in [0.4, 0.5) is 5.69 Å². The summed E-state index contributed by atoms with van der Waals surface area (Å²) in [6.45, 7) is 6.20. The minimum atomic E-state index is -3.88. The number of benzene rings is 2. The number of hydrogen-bond acceptors (Lipinski definition) is 11. The largest absolute Gasteiger partial charge is 0.496 e. The molecule has 2 aliphatic carbocycles. The molecule has 3 N–H and O–H groups in total. The minimum absolute atomic E-state index is 0.0807. The van der Waals surface area contributed by atoms with Gasteiger partial charge >= 0.3 is 0 Å². The summed E-state index contributed by atoms with van der Waals surface area (Å²) in [7, 11) is -2.27. The second kappa shape index (κ2) is 17.0. The van der Waals surface area contributed by atoms with Gasteiger partial charge in [-0.1, -0.05) is 50.4 Å². The number of aromatic nitrogens is 2. The van der Waals surface area contributed by atoms with E-state index >= 15 is 0 Å². The molecule has 0 bridgehead atoms. The summed E-state index contributed by atoms with van der Waals surface area (Å²) in [5.74, 6) is -0.561. The SMILES string of the molecule is COc1ccc2c(O[C@@H]3C[C@H]4C(=O)N[C@]5(C(=O)NS(=O)(=O)C6CC6)C[C@H]5C=CCCCCC[C@H](Nc5ccc(Cl)cc5)C(=O)N4C3)cc(-c3nc(C(C)C)cs3)nc2c1C. The number of pyridine rings is 1. The van der Waals surface area contributed by atoms with Crippen molar-refractivity contribution in [1.82, 2.24) is 24.9 Å². The van der Waals surface area contributed by atoms with E-state index < -0.39 is 56.7 Å². The number of carbonyl (C=O) groups excluding carboxylic acids is 3. The Bertz CT molecular complexity index is 2440. The standard InChI is InChI=1S/C44H51ClN6O7S2/c1-25(2)35-24-59-41(48-35)34-21-38(32-18-19-37(57-4)26(3)39(32)47-34)58-30-20-36-40(52)49-44(43(54)50-60(55,56)31-16-17-31)22-27(44)10-8-6-5-7-9-11-33(42(53)51(36)23-30)46-29-14-12-28(45)13-15-29/h8,10,12-15,18-19,21,24-25,27,30-31,33,36,46H,5-7,9,11,16-17,20,22-23H2,1-4H3,(H,49,52)(H,50,54)/t27-,30-,33+,36+,44-/m1/s1. The van der Waals surface area contributed by atoms with Crippen LogP contribution in [0, 0.1) is 12.8 Å². The van der Waals surface area contributed by atoms with E-state index in [0.717, 1.165) is 47.3 Å². The summed E-state index contributed by atoms with van der Waals surface area (Å²) in [6.07, 6.45) is 8.35. The van der Waals surface area contributed by atoms with Gasteiger partial charge in [-0.05, 0) is 87.8 Å². The van der Waals surface area contributed by atoms with Crippen LogP contribution in [0.2, 0.25) is 5.02 Å². The highest BCUT2D eigenvalue weighted by Crippen LogP contribution is 2.46. The predicted octanol–water partition coefficient (Wildman–Crippen LogP) is 7.28. The smallest absolute Gasteiger partial charge is 0.259 e. The van der Waals surface area contributed by atoms with Crippen molar-refractivity contribution in [1.29, 1.82) is 0 Å². The molecule has 318 valence electrons. The van der Waals surface area contributed by atoms with E-state index in [1.165, 1.54) is 11.3 Å². The number of amides is 3. The Labute approximate surface area is 359 Å². The zero-order chi connectivity index (χ0) is 42.3.